The molecule has 0 spiro atoms. The molecule has 6 aromatic carbocycles. The monoisotopic (exact) mass is 662 g/mol. The van der Waals surface area contributed by atoms with Crippen LogP contribution in [0.3, 0.4) is 0 Å². The third kappa shape index (κ3) is 5.02. The Labute approximate surface area is 242 Å². The van der Waals surface area contributed by atoms with Crippen molar-refractivity contribution in [1.82, 2.24) is 0 Å². The van der Waals surface area contributed by atoms with Gasteiger partial charge >= 0.3 is 25.8 Å². The molecule has 0 unspecified atom stereocenters. The van der Waals surface area contributed by atoms with Crippen LogP contribution in [0.25, 0.3) is 43.8 Å². The van der Waals surface area contributed by atoms with E-state index in [1.807, 2.05) is 0 Å². The van der Waals surface area contributed by atoms with E-state index < -0.39 is 8.07 Å². The van der Waals surface area contributed by atoms with Crippen molar-refractivity contribution >= 4 is 40.0 Å². The Morgan fingerprint density at radius 3 is 1.35 bits per heavy atom. The fourth-order valence-corrected chi connectivity index (χ4v) is 8.44. The molecule has 2 heteroatoms. The van der Waals surface area contributed by atoms with Crippen LogP contribution in [0.4, 0.5) is 0 Å². The summed E-state index contributed by atoms with van der Waals surface area (Å²) in [5.74, 6) is 0. The molecule has 0 radical (unpaired) electrons. The molecule has 0 heterocycles. The van der Waals surface area contributed by atoms with E-state index in [9.17, 15) is 0 Å². The van der Waals surface area contributed by atoms with Crippen molar-refractivity contribution in [3.63, 3.8) is 0 Å². The molecule has 0 fully saturated rings. The molecule has 0 saturated heterocycles. The van der Waals surface area contributed by atoms with Crippen LogP contribution in [-0.4, -0.2) is 8.07 Å². The third-order valence-corrected chi connectivity index (χ3v) is 12.2. The topological polar surface area (TPSA) is 0 Å². The summed E-state index contributed by atoms with van der Waals surface area (Å²) in [4.78, 5) is 0. The van der Waals surface area contributed by atoms with E-state index in [0.29, 0.717) is 0 Å². The van der Waals surface area contributed by atoms with Crippen molar-refractivity contribution < 1.29 is 25.8 Å². The van der Waals surface area contributed by atoms with Crippen molar-refractivity contribution in [2.24, 2.45) is 0 Å². The van der Waals surface area contributed by atoms with Gasteiger partial charge in [0.2, 0.25) is 0 Å². The maximum absolute atomic E-state index is 2.54. The molecule has 0 nitrogen and oxygen atoms in total. The average molecular weight is 661 g/mol. The minimum Gasteiger partial charge on any atom is -0.358 e. The molecule has 37 heavy (non-hydrogen) atoms. The Bertz CT molecular complexity index is 1470. The molecule has 0 aliphatic heterocycles. The summed E-state index contributed by atoms with van der Waals surface area (Å²) >= 11 is 0. The zero-order chi connectivity index (χ0) is 23.1. The third-order valence-electron chi connectivity index (χ3n) is 7.65. The quantitative estimate of drug-likeness (QED) is 0.128. The van der Waals surface area contributed by atoms with Crippen LogP contribution in [-0.2, 0) is 25.8 Å². The van der Waals surface area contributed by atoms with E-state index in [1.54, 1.807) is 0 Å². The summed E-state index contributed by atoms with van der Waals surface area (Å²) in [7, 11) is -1.89. The number of benzene rings is 4. The first-order valence-corrected chi connectivity index (χ1v) is 14.9. The summed E-state index contributed by atoms with van der Waals surface area (Å²) in [5.41, 5.74) is 5.24. The number of fused-ring (bicyclic) bond motifs is 2. The molecule has 0 aliphatic rings. The molecule has 0 saturated carbocycles. The Balaban J connectivity index is 0.00000127. The SMILES string of the molecule is CC[Si](C)(c1cc2c(-c3ccccc3)cccc2[cH-]1)c1cc2c(-c3ccccc3)cccc2[cH-]1.[CH3-].[CH3-].[Hf+4]. The van der Waals surface area contributed by atoms with E-state index in [-0.39, 0.29) is 40.7 Å². The van der Waals surface area contributed by atoms with Gasteiger partial charge in [0.05, 0.1) is 8.07 Å². The molecule has 6 aromatic rings. The summed E-state index contributed by atoms with van der Waals surface area (Å²) in [6.07, 6.45) is 0. The normalized spacial score (nSPS) is 11.0. The van der Waals surface area contributed by atoms with Crippen LogP contribution < -0.4 is 10.4 Å². The Kier molecular flexibility index (Phi) is 9.10. The van der Waals surface area contributed by atoms with Gasteiger partial charge < -0.3 is 14.9 Å². The van der Waals surface area contributed by atoms with Crippen molar-refractivity contribution in [2.75, 3.05) is 0 Å². The predicted octanol–water partition coefficient (Wildman–Crippen LogP) is 8.88. The van der Waals surface area contributed by atoms with Gasteiger partial charge in [-0.1, -0.05) is 103 Å². The van der Waals surface area contributed by atoms with Gasteiger partial charge in [-0.2, -0.15) is 12.1 Å². The van der Waals surface area contributed by atoms with Crippen molar-refractivity contribution in [3.05, 3.63) is 136 Å². The van der Waals surface area contributed by atoms with Gasteiger partial charge in [0.1, 0.15) is 0 Å². The Morgan fingerprint density at radius 2 is 0.973 bits per heavy atom. The first-order chi connectivity index (χ1) is 16.7. The van der Waals surface area contributed by atoms with Crippen LogP contribution in [0.15, 0.2) is 121 Å². The summed E-state index contributed by atoms with van der Waals surface area (Å²) in [6.45, 7) is 4.91. The van der Waals surface area contributed by atoms with E-state index in [1.165, 1.54) is 60.2 Å². The fourth-order valence-electron chi connectivity index (χ4n) is 5.42. The second-order valence-electron chi connectivity index (χ2n) is 9.52. The van der Waals surface area contributed by atoms with Gasteiger partial charge in [-0.05, 0) is 11.1 Å². The molecule has 6 rings (SSSR count). The van der Waals surface area contributed by atoms with Crippen LogP contribution in [0.5, 0.6) is 0 Å². The number of rotatable bonds is 5. The smallest absolute Gasteiger partial charge is 0.358 e. The van der Waals surface area contributed by atoms with Crippen molar-refractivity contribution in [1.29, 1.82) is 0 Å². The average Bonchev–Trinajstić information content (AvgIpc) is 3.54. The van der Waals surface area contributed by atoms with Crippen LogP contribution >= 0.6 is 0 Å². The molecule has 0 aliphatic carbocycles. The zero-order valence-corrected chi connectivity index (χ0v) is 26.8. The number of hydrogen-bond donors (Lipinski definition) is 0. The molecule has 0 aromatic heterocycles. The molecule has 0 bridgehead atoms. The zero-order valence-electron chi connectivity index (χ0n) is 22.3. The second kappa shape index (κ2) is 11.7. The standard InChI is InChI=1S/C33H28Si.2CH3.Hf/c1-3-34(2,28-20-26-16-10-18-30(32(26)22-28)24-12-6-4-7-13-24)29-21-27-17-11-19-31(33(27)23-29)25-14-8-5-9-15-25;;;/h4-23H,3H2,1-2H3;2*1H3;/q-2;2*-1;+4. The molecular weight excluding hydrogens is 627 g/mol. The largest absolute Gasteiger partial charge is 4.00 e. The van der Waals surface area contributed by atoms with Crippen molar-refractivity contribution in [3.8, 4) is 22.3 Å². The van der Waals surface area contributed by atoms with Gasteiger partial charge in [0, 0.05) is 0 Å². The fraction of sp³-hybridized carbons (Fsp3) is 0.0857. The first-order valence-electron chi connectivity index (χ1n) is 12.2. The minimum absolute atomic E-state index is 0. The minimum atomic E-state index is -1.89. The van der Waals surface area contributed by atoms with E-state index in [2.05, 4.69) is 135 Å². The number of hydrogen-bond acceptors (Lipinski definition) is 0. The Morgan fingerprint density at radius 1 is 0.568 bits per heavy atom. The molecule has 0 N–H and O–H groups in total. The van der Waals surface area contributed by atoms with Gasteiger partial charge in [-0.3, -0.25) is 0 Å². The van der Waals surface area contributed by atoms with Gasteiger partial charge in [-0.15, -0.1) is 68.3 Å². The molecule has 182 valence electrons. The van der Waals surface area contributed by atoms with E-state index in [0.717, 1.165) is 0 Å². The maximum Gasteiger partial charge on any atom is 4.00 e. The molecule has 0 atom stereocenters. The summed E-state index contributed by atoms with van der Waals surface area (Å²) in [6, 6.07) is 46.1. The second-order valence-corrected chi connectivity index (χ2v) is 14.0. The van der Waals surface area contributed by atoms with Gasteiger partial charge in [-0.25, -0.2) is 0 Å². The Hall–Kier alpha value is -2.81. The van der Waals surface area contributed by atoms with E-state index in [4.69, 9.17) is 0 Å². The van der Waals surface area contributed by atoms with Gasteiger partial charge in [0.25, 0.3) is 0 Å². The van der Waals surface area contributed by atoms with Crippen molar-refractivity contribution in [2.45, 2.75) is 19.5 Å². The van der Waals surface area contributed by atoms with Crippen LogP contribution in [0, 0.1) is 14.9 Å². The summed E-state index contributed by atoms with van der Waals surface area (Å²) in [5, 5.41) is 8.51. The molecular formula is C35H34HfSi. The van der Waals surface area contributed by atoms with Gasteiger partial charge in [0.15, 0.2) is 0 Å². The van der Waals surface area contributed by atoms with Crippen LogP contribution in [0.1, 0.15) is 6.92 Å². The predicted molar refractivity (Wildman–Crippen MR) is 164 cm³/mol. The van der Waals surface area contributed by atoms with Crippen LogP contribution in [0.2, 0.25) is 12.6 Å². The van der Waals surface area contributed by atoms with E-state index >= 15 is 0 Å². The molecule has 0 amide bonds. The summed E-state index contributed by atoms with van der Waals surface area (Å²) < 4.78 is 0. The maximum atomic E-state index is 2.54. The first kappa shape index (κ1) is 28.8.